The fourth-order valence-corrected chi connectivity index (χ4v) is 1.26. The van der Waals surface area contributed by atoms with Gasteiger partial charge in [0.25, 0.3) is 0 Å². The van der Waals surface area contributed by atoms with E-state index in [1.165, 1.54) is 0 Å². The van der Waals surface area contributed by atoms with Gasteiger partial charge in [0.15, 0.2) is 0 Å². The van der Waals surface area contributed by atoms with Gasteiger partial charge in [-0.25, -0.2) is 0 Å². The van der Waals surface area contributed by atoms with Gasteiger partial charge >= 0.3 is 5.97 Å². The predicted octanol–water partition coefficient (Wildman–Crippen LogP) is 2.02. The molecule has 0 aliphatic carbocycles. The van der Waals surface area contributed by atoms with Crippen LogP contribution in [0.5, 0.6) is 0 Å². The van der Waals surface area contributed by atoms with Gasteiger partial charge in [0.1, 0.15) is 5.54 Å². The second-order valence-electron chi connectivity index (χ2n) is 3.65. The monoisotopic (exact) mass is 187 g/mol. The topological polar surface area (TPSA) is 49.3 Å². The van der Waals surface area contributed by atoms with Gasteiger partial charge in [-0.15, -0.1) is 0 Å². The molecule has 0 aromatic heterocycles. The molecule has 0 aliphatic heterocycles. The molecule has 2 N–H and O–H groups in total. The summed E-state index contributed by atoms with van der Waals surface area (Å²) in [5.74, 6) is -0.762. The Morgan fingerprint density at radius 1 is 1.38 bits per heavy atom. The molecule has 0 rings (SSSR count). The predicted molar refractivity (Wildman–Crippen MR) is 53.8 cm³/mol. The summed E-state index contributed by atoms with van der Waals surface area (Å²) in [4.78, 5) is 11.0. The molecular formula is C10H21NO2. The minimum atomic E-state index is -0.767. The van der Waals surface area contributed by atoms with Crippen molar-refractivity contribution >= 4 is 5.97 Å². The summed E-state index contributed by atoms with van der Waals surface area (Å²) in [7, 11) is 0. The molecule has 0 heterocycles. The summed E-state index contributed by atoms with van der Waals surface area (Å²) in [5, 5.41) is 12.2. The van der Waals surface area contributed by atoms with Crippen LogP contribution in [0.15, 0.2) is 0 Å². The second-order valence-corrected chi connectivity index (χ2v) is 3.65. The lowest BCUT2D eigenvalue weighted by molar-refractivity contribution is -0.144. The van der Waals surface area contributed by atoms with Crippen LogP contribution < -0.4 is 5.32 Å². The van der Waals surface area contributed by atoms with Crippen LogP contribution in [-0.2, 0) is 4.79 Å². The minimum absolute atomic E-state index is 0.307. The molecule has 0 amide bonds. The first kappa shape index (κ1) is 12.4. The zero-order valence-electron chi connectivity index (χ0n) is 9.05. The van der Waals surface area contributed by atoms with Gasteiger partial charge in [0, 0.05) is 6.04 Å². The molecule has 0 radical (unpaired) electrons. The largest absolute Gasteiger partial charge is 0.480 e. The number of carbonyl (C=O) groups is 1. The van der Waals surface area contributed by atoms with Crippen LogP contribution in [0.1, 0.15) is 47.0 Å². The van der Waals surface area contributed by atoms with Crippen molar-refractivity contribution in [2.75, 3.05) is 0 Å². The molecule has 0 saturated carbocycles. The molecule has 13 heavy (non-hydrogen) atoms. The van der Waals surface area contributed by atoms with Crippen molar-refractivity contribution in [2.24, 2.45) is 0 Å². The Morgan fingerprint density at radius 2 is 1.85 bits per heavy atom. The van der Waals surface area contributed by atoms with Crippen molar-refractivity contribution in [3.05, 3.63) is 0 Å². The van der Waals surface area contributed by atoms with Crippen LogP contribution in [0.3, 0.4) is 0 Å². The third-order valence-corrected chi connectivity index (χ3v) is 2.69. The number of carboxylic acid groups (broad SMARTS) is 1. The molecule has 3 heteroatoms. The van der Waals surface area contributed by atoms with Crippen LogP contribution in [-0.4, -0.2) is 22.7 Å². The summed E-state index contributed by atoms with van der Waals surface area (Å²) in [6.07, 6.45) is 2.55. The van der Waals surface area contributed by atoms with Gasteiger partial charge in [-0.3, -0.25) is 10.1 Å². The zero-order chi connectivity index (χ0) is 10.5. The Hall–Kier alpha value is -0.570. The van der Waals surface area contributed by atoms with E-state index in [1.54, 1.807) is 6.92 Å². The minimum Gasteiger partial charge on any atom is -0.480 e. The van der Waals surface area contributed by atoms with Gasteiger partial charge in [-0.2, -0.15) is 0 Å². The SMILES string of the molecule is CCC(CC)NC(C)(CC)C(=O)O. The van der Waals surface area contributed by atoms with Crippen molar-refractivity contribution in [3.63, 3.8) is 0 Å². The highest BCUT2D eigenvalue weighted by Gasteiger charge is 2.32. The van der Waals surface area contributed by atoms with Gasteiger partial charge in [0.05, 0.1) is 0 Å². The summed E-state index contributed by atoms with van der Waals surface area (Å²) in [5.41, 5.74) is -0.767. The molecule has 3 nitrogen and oxygen atoms in total. The first-order chi connectivity index (χ1) is 6.00. The third-order valence-electron chi connectivity index (χ3n) is 2.69. The number of nitrogens with one attached hydrogen (secondary N) is 1. The van der Waals surface area contributed by atoms with E-state index in [0.717, 1.165) is 12.8 Å². The van der Waals surface area contributed by atoms with Crippen molar-refractivity contribution in [2.45, 2.75) is 58.5 Å². The van der Waals surface area contributed by atoms with Crippen molar-refractivity contribution in [3.8, 4) is 0 Å². The van der Waals surface area contributed by atoms with E-state index in [4.69, 9.17) is 5.11 Å². The molecule has 0 spiro atoms. The number of rotatable bonds is 6. The summed E-state index contributed by atoms with van der Waals surface area (Å²) in [6, 6.07) is 0.307. The fourth-order valence-electron chi connectivity index (χ4n) is 1.26. The maximum atomic E-state index is 11.0. The highest BCUT2D eigenvalue weighted by Crippen LogP contribution is 2.12. The summed E-state index contributed by atoms with van der Waals surface area (Å²) >= 11 is 0. The quantitative estimate of drug-likeness (QED) is 0.668. The molecule has 0 bridgehead atoms. The highest BCUT2D eigenvalue weighted by atomic mass is 16.4. The lowest BCUT2D eigenvalue weighted by Crippen LogP contribution is -2.53. The smallest absolute Gasteiger partial charge is 0.323 e. The Morgan fingerprint density at radius 3 is 2.08 bits per heavy atom. The van der Waals surface area contributed by atoms with E-state index in [-0.39, 0.29) is 0 Å². The molecule has 1 unspecified atom stereocenters. The van der Waals surface area contributed by atoms with E-state index in [1.807, 2.05) is 6.92 Å². The maximum absolute atomic E-state index is 11.0. The van der Waals surface area contributed by atoms with Crippen molar-refractivity contribution in [1.29, 1.82) is 0 Å². The number of carboxylic acids is 1. The molecule has 1 atom stereocenters. The Kier molecular flexibility index (Phi) is 4.99. The van der Waals surface area contributed by atoms with Crippen molar-refractivity contribution in [1.82, 2.24) is 5.32 Å². The first-order valence-electron chi connectivity index (χ1n) is 5.01. The van der Waals surface area contributed by atoms with Crippen LogP contribution in [0.2, 0.25) is 0 Å². The van der Waals surface area contributed by atoms with Crippen LogP contribution in [0.25, 0.3) is 0 Å². The fraction of sp³-hybridized carbons (Fsp3) is 0.900. The molecule has 0 saturated heterocycles. The molecule has 78 valence electrons. The lowest BCUT2D eigenvalue weighted by Gasteiger charge is -2.29. The molecule has 0 fully saturated rings. The van der Waals surface area contributed by atoms with E-state index >= 15 is 0 Å². The van der Waals surface area contributed by atoms with Gasteiger partial charge in [0.2, 0.25) is 0 Å². The zero-order valence-corrected chi connectivity index (χ0v) is 9.05. The van der Waals surface area contributed by atoms with Crippen LogP contribution >= 0.6 is 0 Å². The average molecular weight is 187 g/mol. The van der Waals surface area contributed by atoms with E-state index in [2.05, 4.69) is 19.2 Å². The first-order valence-corrected chi connectivity index (χ1v) is 5.01. The average Bonchev–Trinajstić information content (AvgIpc) is 2.13. The van der Waals surface area contributed by atoms with Crippen LogP contribution in [0, 0.1) is 0 Å². The van der Waals surface area contributed by atoms with Crippen LogP contribution in [0.4, 0.5) is 0 Å². The number of aliphatic carboxylic acids is 1. The number of hydrogen-bond donors (Lipinski definition) is 2. The Balaban J connectivity index is 4.33. The standard InChI is InChI=1S/C10H21NO2/c1-5-8(6-2)11-10(4,7-3)9(12)13/h8,11H,5-7H2,1-4H3,(H,12,13). The molecule has 0 aromatic carbocycles. The van der Waals surface area contributed by atoms with Gasteiger partial charge < -0.3 is 5.11 Å². The Labute approximate surface area is 80.5 Å². The summed E-state index contributed by atoms with van der Waals surface area (Å²) < 4.78 is 0. The van der Waals surface area contributed by atoms with E-state index in [0.29, 0.717) is 12.5 Å². The third kappa shape index (κ3) is 3.35. The second kappa shape index (κ2) is 5.22. The lowest BCUT2D eigenvalue weighted by atomic mass is 9.96. The van der Waals surface area contributed by atoms with Gasteiger partial charge in [-0.1, -0.05) is 20.8 Å². The molecule has 0 aliphatic rings. The normalized spacial score (nSPS) is 15.8. The highest BCUT2D eigenvalue weighted by molar-refractivity contribution is 5.78. The Bertz CT molecular complexity index is 166. The molecular weight excluding hydrogens is 166 g/mol. The maximum Gasteiger partial charge on any atom is 0.323 e. The molecule has 0 aromatic rings. The number of hydrogen-bond acceptors (Lipinski definition) is 2. The van der Waals surface area contributed by atoms with E-state index in [9.17, 15) is 4.79 Å². The van der Waals surface area contributed by atoms with Gasteiger partial charge in [-0.05, 0) is 26.2 Å². The van der Waals surface area contributed by atoms with E-state index < -0.39 is 11.5 Å². The summed E-state index contributed by atoms with van der Waals surface area (Å²) in [6.45, 7) is 7.77. The van der Waals surface area contributed by atoms with Crippen molar-refractivity contribution < 1.29 is 9.90 Å².